The molecule has 0 saturated carbocycles. The van der Waals surface area contributed by atoms with Crippen LogP contribution in [-0.4, -0.2) is 19.1 Å². The second-order valence-electron chi connectivity index (χ2n) is 4.42. The van der Waals surface area contributed by atoms with E-state index >= 15 is 0 Å². The van der Waals surface area contributed by atoms with Gasteiger partial charge in [0.05, 0.1) is 10.6 Å². The van der Waals surface area contributed by atoms with Gasteiger partial charge in [0.1, 0.15) is 4.75 Å². The molecule has 86 valence electrons. The highest BCUT2D eigenvalue weighted by molar-refractivity contribution is 7.94. The van der Waals surface area contributed by atoms with Crippen molar-refractivity contribution < 1.29 is 13.2 Å². The van der Waals surface area contributed by atoms with Crippen molar-refractivity contribution in [3.63, 3.8) is 0 Å². The van der Waals surface area contributed by atoms with E-state index in [1.807, 2.05) is 0 Å². The molecule has 16 heavy (non-hydrogen) atoms. The molecule has 1 heterocycles. The van der Waals surface area contributed by atoms with Gasteiger partial charge in [-0.05, 0) is 32.4 Å². The average molecular weight is 239 g/mol. The third kappa shape index (κ3) is 1.21. The Morgan fingerprint density at radius 2 is 1.88 bits per heavy atom. The van der Waals surface area contributed by atoms with E-state index in [0.29, 0.717) is 5.69 Å². The number of amides is 1. The highest BCUT2D eigenvalue weighted by Crippen LogP contribution is 2.37. The molecular weight excluding hydrogens is 226 g/mol. The van der Waals surface area contributed by atoms with E-state index in [0.717, 1.165) is 5.56 Å². The van der Waals surface area contributed by atoms with E-state index in [9.17, 15) is 13.2 Å². The lowest BCUT2D eigenvalue weighted by Crippen LogP contribution is -2.48. The van der Waals surface area contributed by atoms with Crippen LogP contribution in [-0.2, 0) is 14.6 Å². The van der Waals surface area contributed by atoms with E-state index in [-0.39, 0.29) is 4.90 Å². The van der Waals surface area contributed by atoms with Crippen molar-refractivity contribution in [2.24, 2.45) is 0 Å². The summed E-state index contributed by atoms with van der Waals surface area (Å²) in [5.41, 5.74) is 1.16. The van der Waals surface area contributed by atoms with Gasteiger partial charge in [-0.25, -0.2) is 8.42 Å². The van der Waals surface area contributed by atoms with Crippen LogP contribution >= 0.6 is 0 Å². The quantitative estimate of drug-likeness (QED) is 0.746. The minimum Gasteiger partial charge on any atom is -0.323 e. The van der Waals surface area contributed by atoms with Gasteiger partial charge < -0.3 is 5.32 Å². The largest absolute Gasteiger partial charge is 0.323 e. The minimum atomic E-state index is -3.60. The second kappa shape index (κ2) is 3.07. The molecular formula is C11H13NO3S. The highest BCUT2D eigenvalue weighted by atomic mass is 32.2. The fourth-order valence-corrected chi connectivity index (χ4v) is 3.27. The van der Waals surface area contributed by atoms with E-state index < -0.39 is 20.5 Å². The van der Waals surface area contributed by atoms with Crippen LogP contribution < -0.4 is 5.32 Å². The van der Waals surface area contributed by atoms with Gasteiger partial charge in [0.25, 0.3) is 0 Å². The van der Waals surface area contributed by atoms with Crippen LogP contribution in [0.15, 0.2) is 23.1 Å². The molecule has 1 amide bonds. The first kappa shape index (κ1) is 11.1. The van der Waals surface area contributed by atoms with E-state index in [1.54, 1.807) is 19.1 Å². The Bertz CT molecular complexity index is 573. The zero-order chi connectivity index (χ0) is 12.1. The number of fused-ring (bicyclic) bond motifs is 1. The predicted octanol–water partition coefficient (Wildman–Crippen LogP) is 1.50. The Morgan fingerprint density at radius 1 is 1.25 bits per heavy atom. The van der Waals surface area contributed by atoms with Crippen LogP contribution in [0.5, 0.6) is 0 Å². The third-order valence-corrected chi connectivity index (χ3v) is 5.43. The summed E-state index contributed by atoms with van der Waals surface area (Å²) in [6.07, 6.45) is 0. The number of para-hydroxylation sites is 1. The standard InChI is InChI=1S/C11H13NO3S/c1-7-5-4-6-8-9(7)12-10(13)11(2,3)16(8,14)15/h4-6H,1-3H3,(H,12,13). The minimum absolute atomic E-state index is 0.206. The van der Waals surface area contributed by atoms with Crippen LogP contribution in [0.25, 0.3) is 0 Å². The van der Waals surface area contributed by atoms with Crippen LogP contribution in [0, 0.1) is 6.92 Å². The summed E-state index contributed by atoms with van der Waals surface area (Å²) >= 11 is 0. The van der Waals surface area contributed by atoms with Crippen LogP contribution in [0.2, 0.25) is 0 Å². The monoisotopic (exact) mass is 239 g/mol. The number of benzene rings is 1. The van der Waals surface area contributed by atoms with E-state index in [1.165, 1.54) is 19.9 Å². The van der Waals surface area contributed by atoms with Gasteiger partial charge in [0, 0.05) is 0 Å². The summed E-state index contributed by atoms with van der Waals surface area (Å²) < 4.78 is 23.0. The first-order valence-corrected chi connectivity index (χ1v) is 6.42. The van der Waals surface area contributed by atoms with Gasteiger partial charge in [0.15, 0.2) is 9.84 Å². The maximum atomic E-state index is 12.2. The van der Waals surface area contributed by atoms with Crippen molar-refractivity contribution >= 4 is 21.4 Å². The maximum absolute atomic E-state index is 12.2. The van der Waals surface area contributed by atoms with Crippen molar-refractivity contribution in [3.8, 4) is 0 Å². The van der Waals surface area contributed by atoms with Crippen molar-refractivity contribution in [1.82, 2.24) is 0 Å². The average Bonchev–Trinajstić information content (AvgIpc) is 2.18. The number of hydrogen-bond donors (Lipinski definition) is 1. The lowest BCUT2D eigenvalue weighted by molar-refractivity contribution is -0.118. The Balaban J connectivity index is 2.83. The van der Waals surface area contributed by atoms with Crippen molar-refractivity contribution in [1.29, 1.82) is 0 Å². The van der Waals surface area contributed by atoms with Crippen LogP contribution in [0.3, 0.4) is 0 Å². The molecule has 4 nitrogen and oxygen atoms in total. The predicted molar refractivity (Wildman–Crippen MR) is 61.1 cm³/mol. The number of rotatable bonds is 0. The molecule has 0 saturated heterocycles. The van der Waals surface area contributed by atoms with Crippen LogP contribution in [0.4, 0.5) is 5.69 Å². The Hall–Kier alpha value is -1.36. The molecule has 1 N–H and O–H groups in total. The molecule has 0 fully saturated rings. The third-order valence-electron chi connectivity index (χ3n) is 2.98. The molecule has 0 radical (unpaired) electrons. The lowest BCUT2D eigenvalue weighted by atomic mass is 10.1. The fourth-order valence-electron chi connectivity index (χ4n) is 1.69. The van der Waals surface area contributed by atoms with Gasteiger partial charge >= 0.3 is 0 Å². The van der Waals surface area contributed by atoms with E-state index in [2.05, 4.69) is 5.32 Å². The van der Waals surface area contributed by atoms with Crippen molar-refractivity contribution in [3.05, 3.63) is 23.8 Å². The highest BCUT2D eigenvalue weighted by Gasteiger charge is 2.47. The van der Waals surface area contributed by atoms with Gasteiger partial charge in [-0.3, -0.25) is 4.79 Å². The summed E-state index contributed by atoms with van der Waals surface area (Å²) in [6, 6.07) is 4.98. The SMILES string of the molecule is Cc1cccc2c1NC(=O)C(C)(C)S2(=O)=O. The smallest absolute Gasteiger partial charge is 0.245 e. The molecule has 0 atom stereocenters. The van der Waals surface area contributed by atoms with Gasteiger partial charge in [-0.2, -0.15) is 0 Å². The lowest BCUT2D eigenvalue weighted by Gasteiger charge is -2.31. The summed E-state index contributed by atoms with van der Waals surface area (Å²) in [5.74, 6) is -0.477. The van der Waals surface area contributed by atoms with Gasteiger partial charge in [-0.15, -0.1) is 0 Å². The Morgan fingerprint density at radius 3 is 2.50 bits per heavy atom. The summed E-state index contributed by atoms with van der Waals surface area (Å²) in [7, 11) is -3.60. The number of carbonyl (C=O) groups is 1. The molecule has 0 aromatic heterocycles. The van der Waals surface area contributed by atoms with Gasteiger partial charge in [0.2, 0.25) is 5.91 Å². The zero-order valence-corrected chi connectivity index (χ0v) is 10.2. The van der Waals surface area contributed by atoms with Crippen molar-refractivity contribution in [2.75, 3.05) is 5.32 Å². The van der Waals surface area contributed by atoms with Gasteiger partial charge in [-0.1, -0.05) is 12.1 Å². The Labute approximate surface area is 94.6 Å². The van der Waals surface area contributed by atoms with Crippen LogP contribution in [0.1, 0.15) is 19.4 Å². The molecule has 5 heteroatoms. The number of hydrogen-bond acceptors (Lipinski definition) is 3. The molecule has 0 spiro atoms. The Kier molecular flexibility index (Phi) is 2.14. The zero-order valence-electron chi connectivity index (χ0n) is 9.37. The fraction of sp³-hybridized carbons (Fsp3) is 0.364. The summed E-state index contributed by atoms with van der Waals surface area (Å²) in [5, 5.41) is 2.66. The molecule has 1 aromatic carbocycles. The second-order valence-corrected chi connectivity index (χ2v) is 6.88. The normalized spacial score (nSPS) is 21.1. The number of nitrogens with one attached hydrogen (secondary N) is 1. The number of anilines is 1. The van der Waals surface area contributed by atoms with Crippen molar-refractivity contribution in [2.45, 2.75) is 30.4 Å². The van der Waals surface area contributed by atoms with E-state index in [4.69, 9.17) is 0 Å². The molecule has 1 aromatic rings. The summed E-state index contributed by atoms with van der Waals surface area (Å²) in [6.45, 7) is 4.61. The first-order chi connectivity index (χ1) is 7.28. The first-order valence-electron chi connectivity index (χ1n) is 4.94. The molecule has 0 unspecified atom stereocenters. The maximum Gasteiger partial charge on any atom is 0.245 e. The molecule has 1 aliphatic rings. The molecule has 1 aliphatic heterocycles. The number of sulfone groups is 1. The molecule has 2 rings (SSSR count). The number of carbonyl (C=O) groups excluding carboxylic acids is 1. The topological polar surface area (TPSA) is 63.2 Å². The molecule has 0 bridgehead atoms. The molecule has 0 aliphatic carbocycles. The summed E-state index contributed by atoms with van der Waals surface area (Å²) in [4.78, 5) is 12.0. The number of aryl methyl sites for hydroxylation is 1.